The number of ether oxygens (including phenoxy) is 1. The lowest BCUT2D eigenvalue weighted by atomic mass is 10.1. The summed E-state index contributed by atoms with van der Waals surface area (Å²) in [6, 6.07) is 6.98. The molecule has 1 aliphatic heterocycles. The van der Waals surface area contributed by atoms with Crippen molar-refractivity contribution in [1.82, 2.24) is 9.88 Å². The smallest absolute Gasteiger partial charge is 0.270 e. The van der Waals surface area contributed by atoms with Gasteiger partial charge >= 0.3 is 0 Å². The first-order valence-electron chi connectivity index (χ1n) is 6.78. The number of hydrogen-bond donors (Lipinski definition) is 2. The molecular weight excluding hydrogens is 256 g/mol. The van der Waals surface area contributed by atoms with Gasteiger partial charge in [-0.15, -0.1) is 0 Å². The summed E-state index contributed by atoms with van der Waals surface area (Å²) in [7, 11) is 0. The SMILES string of the molecule is CC1COCC(C)N1C(=O)c1cc2ccc(O)cc2[nH]1. The summed E-state index contributed by atoms with van der Waals surface area (Å²) in [5.41, 5.74) is 1.31. The van der Waals surface area contributed by atoms with Gasteiger partial charge in [0.2, 0.25) is 0 Å². The van der Waals surface area contributed by atoms with Gasteiger partial charge in [-0.25, -0.2) is 0 Å². The first kappa shape index (κ1) is 13.0. The minimum Gasteiger partial charge on any atom is -0.508 e. The van der Waals surface area contributed by atoms with Gasteiger partial charge in [-0.1, -0.05) is 0 Å². The number of benzene rings is 1. The molecule has 0 bridgehead atoms. The molecule has 2 aromatic rings. The van der Waals surface area contributed by atoms with Crippen LogP contribution >= 0.6 is 0 Å². The molecule has 0 spiro atoms. The molecule has 3 rings (SSSR count). The Balaban J connectivity index is 1.95. The second kappa shape index (κ2) is 4.83. The molecule has 0 saturated carbocycles. The van der Waals surface area contributed by atoms with Crippen LogP contribution in [0.2, 0.25) is 0 Å². The summed E-state index contributed by atoms with van der Waals surface area (Å²) < 4.78 is 5.45. The summed E-state index contributed by atoms with van der Waals surface area (Å²) in [5.74, 6) is 0.162. The number of hydrogen-bond acceptors (Lipinski definition) is 3. The van der Waals surface area contributed by atoms with Gasteiger partial charge in [0.15, 0.2) is 0 Å². The largest absolute Gasteiger partial charge is 0.508 e. The van der Waals surface area contributed by atoms with E-state index in [1.54, 1.807) is 18.2 Å². The highest BCUT2D eigenvalue weighted by atomic mass is 16.5. The van der Waals surface area contributed by atoms with Crippen LogP contribution < -0.4 is 0 Å². The van der Waals surface area contributed by atoms with Gasteiger partial charge in [0.05, 0.1) is 25.3 Å². The summed E-state index contributed by atoms with van der Waals surface area (Å²) in [5, 5.41) is 10.4. The minimum atomic E-state index is -0.0241. The molecule has 1 aliphatic rings. The van der Waals surface area contributed by atoms with Crippen molar-refractivity contribution in [3.05, 3.63) is 30.0 Å². The van der Waals surface area contributed by atoms with Crippen LogP contribution in [0.5, 0.6) is 5.75 Å². The number of aromatic nitrogens is 1. The van der Waals surface area contributed by atoms with Gasteiger partial charge in [0, 0.05) is 17.0 Å². The van der Waals surface area contributed by atoms with Crippen LogP contribution in [0.15, 0.2) is 24.3 Å². The van der Waals surface area contributed by atoms with Crippen LogP contribution in [-0.4, -0.2) is 46.2 Å². The number of amides is 1. The van der Waals surface area contributed by atoms with Gasteiger partial charge in [-0.3, -0.25) is 4.79 Å². The molecule has 20 heavy (non-hydrogen) atoms. The first-order valence-corrected chi connectivity index (χ1v) is 6.78. The number of morpholine rings is 1. The van der Waals surface area contributed by atoms with Crippen molar-refractivity contribution in [2.45, 2.75) is 25.9 Å². The number of carbonyl (C=O) groups is 1. The van der Waals surface area contributed by atoms with Gasteiger partial charge in [0.1, 0.15) is 11.4 Å². The number of H-pyrrole nitrogens is 1. The summed E-state index contributed by atoms with van der Waals surface area (Å²) in [6.07, 6.45) is 0. The Kier molecular flexibility index (Phi) is 3.14. The van der Waals surface area contributed by atoms with E-state index in [1.807, 2.05) is 24.8 Å². The van der Waals surface area contributed by atoms with E-state index in [1.165, 1.54) is 0 Å². The second-order valence-corrected chi connectivity index (χ2v) is 5.40. The fourth-order valence-electron chi connectivity index (χ4n) is 2.77. The molecule has 5 heteroatoms. The molecule has 1 amide bonds. The molecule has 5 nitrogen and oxygen atoms in total. The topological polar surface area (TPSA) is 65.6 Å². The summed E-state index contributed by atoms with van der Waals surface area (Å²) >= 11 is 0. The lowest BCUT2D eigenvalue weighted by Crippen LogP contribution is -2.52. The van der Waals surface area contributed by atoms with Crippen molar-refractivity contribution < 1.29 is 14.6 Å². The highest BCUT2D eigenvalue weighted by molar-refractivity contribution is 5.98. The van der Waals surface area contributed by atoms with Crippen LogP contribution in [0.4, 0.5) is 0 Å². The quantitative estimate of drug-likeness (QED) is 0.837. The Hall–Kier alpha value is -2.01. The lowest BCUT2D eigenvalue weighted by molar-refractivity contribution is -0.0251. The highest BCUT2D eigenvalue weighted by Gasteiger charge is 2.31. The maximum atomic E-state index is 12.7. The lowest BCUT2D eigenvalue weighted by Gasteiger charge is -2.38. The third-order valence-electron chi connectivity index (χ3n) is 3.74. The Morgan fingerprint density at radius 3 is 2.70 bits per heavy atom. The van der Waals surface area contributed by atoms with E-state index in [9.17, 15) is 9.90 Å². The molecule has 2 N–H and O–H groups in total. The van der Waals surface area contributed by atoms with E-state index in [-0.39, 0.29) is 23.7 Å². The van der Waals surface area contributed by atoms with Crippen molar-refractivity contribution in [2.24, 2.45) is 0 Å². The number of fused-ring (bicyclic) bond motifs is 1. The monoisotopic (exact) mass is 274 g/mol. The number of nitrogens with zero attached hydrogens (tertiary/aromatic N) is 1. The molecule has 106 valence electrons. The van der Waals surface area contributed by atoms with Gasteiger partial charge < -0.3 is 19.7 Å². The molecule has 2 heterocycles. The van der Waals surface area contributed by atoms with Crippen molar-refractivity contribution in [2.75, 3.05) is 13.2 Å². The third kappa shape index (κ3) is 2.14. The van der Waals surface area contributed by atoms with Crippen molar-refractivity contribution in [3.63, 3.8) is 0 Å². The molecule has 0 radical (unpaired) electrons. The molecule has 1 saturated heterocycles. The molecule has 0 aliphatic carbocycles. The predicted octanol–water partition coefficient (Wildman–Crippen LogP) is 2.12. The first-order chi connectivity index (χ1) is 9.56. The maximum absolute atomic E-state index is 12.7. The molecule has 1 aromatic carbocycles. The predicted molar refractivity (Wildman–Crippen MR) is 75.9 cm³/mol. The number of phenols is 1. The van der Waals surface area contributed by atoms with Crippen LogP contribution in [0, 0.1) is 0 Å². The van der Waals surface area contributed by atoms with E-state index in [2.05, 4.69) is 4.98 Å². The molecular formula is C15H18N2O3. The molecule has 2 atom stereocenters. The Morgan fingerprint density at radius 1 is 1.30 bits per heavy atom. The summed E-state index contributed by atoms with van der Waals surface area (Å²) in [6.45, 7) is 5.11. The zero-order valence-corrected chi connectivity index (χ0v) is 11.6. The number of aromatic amines is 1. The fraction of sp³-hybridized carbons (Fsp3) is 0.400. The number of phenolic OH excluding ortho intramolecular Hbond substituents is 1. The summed E-state index contributed by atoms with van der Waals surface area (Å²) in [4.78, 5) is 17.6. The molecule has 1 fully saturated rings. The van der Waals surface area contributed by atoms with E-state index in [4.69, 9.17) is 4.74 Å². The van der Waals surface area contributed by atoms with Gasteiger partial charge in [0.25, 0.3) is 5.91 Å². The average molecular weight is 274 g/mol. The highest BCUT2D eigenvalue weighted by Crippen LogP contribution is 2.23. The molecule has 2 unspecified atom stereocenters. The Morgan fingerprint density at radius 2 is 2.00 bits per heavy atom. The van der Waals surface area contributed by atoms with E-state index in [0.717, 1.165) is 10.9 Å². The van der Waals surface area contributed by atoms with Crippen LogP contribution in [0.3, 0.4) is 0 Å². The zero-order valence-electron chi connectivity index (χ0n) is 11.6. The van der Waals surface area contributed by atoms with E-state index in [0.29, 0.717) is 18.9 Å². The van der Waals surface area contributed by atoms with Crippen LogP contribution in [-0.2, 0) is 4.74 Å². The van der Waals surface area contributed by atoms with Crippen molar-refractivity contribution >= 4 is 16.8 Å². The number of aromatic hydroxyl groups is 1. The zero-order chi connectivity index (χ0) is 14.3. The maximum Gasteiger partial charge on any atom is 0.270 e. The standard InChI is InChI=1S/C15H18N2O3/c1-9-7-20-8-10(2)17(9)15(19)14-5-11-3-4-12(18)6-13(11)16-14/h3-6,9-10,16,18H,7-8H2,1-2H3. The number of nitrogens with one attached hydrogen (secondary N) is 1. The van der Waals surface area contributed by atoms with Gasteiger partial charge in [-0.2, -0.15) is 0 Å². The van der Waals surface area contributed by atoms with Gasteiger partial charge in [-0.05, 0) is 32.0 Å². The Labute approximate surface area is 117 Å². The minimum absolute atomic E-state index is 0.0241. The van der Waals surface area contributed by atoms with Crippen molar-refractivity contribution in [3.8, 4) is 5.75 Å². The third-order valence-corrected chi connectivity index (χ3v) is 3.74. The van der Waals surface area contributed by atoms with Crippen molar-refractivity contribution in [1.29, 1.82) is 0 Å². The second-order valence-electron chi connectivity index (χ2n) is 5.40. The average Bonchev–Trinajstić information content (AvgIpc) is 2.81. The van der Waals surface area contributed by atoms with E-state index < -0.39 is 0 Å². The number of carbonyl (C=O) groups excluding carboxylic acids is 1. The normalized spacial score (nSPS) is 23.2. The Bertz CT molecular complexity index is 640. The van der Waals surface area contributed by atoms with E-state index >= 15 is 0 Å². The fourth-order valence-corrected chi connectivity index (χ4v) is 2.77. The molecule has 1 aromatic heterocycles. The number of rotatable bonds is 1. The van der Waals surface area contributed by atoms with Crippen LogP contribution in [0.1, 0.15) is 24.3 Å². The van der Waals surface area contributed by atoms with Crippen LogP contribution in [0.25, 0.3) is 10.9 Å².